The van der Waals surface area contributed by atoms with Crippen molar-refractivity contribution in [2.45, 2.75) is 33.6 Å². The van der Waals surface area contributed by atoms with E-state index in [2.05, 4.69) is 78.9 Å². The van der Waals surface area contributed by atoms with Gasteiger partial charge in [0.25, 0.3) is 0 Å². The predicted molar refractivity (Wildman–Crippen MR) is 90.7 cm³/mol. The van der Waals surface area contributed by atoms with Gasteiger partial charge in [-0.3, -0.25) is 0 Å². The van der Waals surface area contributed by atoms with Gasteiger partial charge in [0.15, 0.2) is 5.58 Å². The first-order chi connectivity index (χ1) is 9.97. The minimum atomic E-state index is 0.530. The zero-order valence-electron chi connectivity index (χ0n) is 12.7. The van der Waals surface area contributed by atoms with Gasteiger partial charge in [-0.05, 0) is 70.6 Å². The van der Waals surface area contributed by atoms with Crippen LogP contribution in [0, 0.1) is 13.8 Å². The number of benzene rings is 2. The van der Waals surface area contributed by atoms with Crippen LogP contribution in [0.15, 0.2) is 39.2 Å². The highest BCUT2D eigenvalue weighted by atomic mass is 79.9. The van der Waals surface area contributed by atoms with Gasteiger partial charge in [0.2, 0.25) is 5.89 Å². The first kappa shape index (κ1) is 14.3. The summed E-state index contributed by atoms with van der Waals surface area (Å²) in [6.07, 6.45) is 0. The largest absolute Gasteiger partial charge is 0.435 e. The van der Waals surface area contributed by atoms with E-state index in [-0.39, 0.29) is 0 Å². The van der Waals surface area contributed by atoms with Crippen molar-refractivity contribution in [3.8, 4) is 11.5 Å². The fourth-order valence-electron chi connectivity index (χ4n) is 2.38. The van der Waals surface area contributed by atoms with Gasteiger partial charge in [-0.1, -0.05) is 26.0 Å². The first-order valence-electron chi connectivity index (χ1n) is 7.14. The van der Waals surface area contributed by atoms with Crippen LogP contribution in [0.5, 0.6) is 0 Å². The molecule has 0 atom stereocenters. The molecule has 21 heavy (non-hydrogen) atoms. The van der Waals surface area contributed by atoms with Crippen molar-refractivity contribution in [3.05, 3.63) is 51.5 Å². The molecule has 1 aromatic heterocycles. The molecule has 0 fully saturated rings. The summed E-state index contributed by atoms with van der Waals surface area (Å²) in [7, 11) is 0. The van der Waals surface area contributed by atoms with Crippen molar-refractivity contribution in [1.29, 1.82) is 0 Å². The van der Waals surface area contributed by atoms with Crippen LogP contribution in [-0.4, -0.2) is 4.98 Å². The van der Waals surface area contributed by atoms with Gasteiger partial charge in [-0.2, -0.15) is 0 Å². The molecule has 0 saturated carbocycles. The van der Waals surface area contributed by atoms with E-state index in [1.54, 1.807) is 0 Å². The van der Waals surface area contributed by atoms with Gasteiger partial charge in [-0.15, -0.1) is 0 Å². The van der Waals surface area contributed by atoms with Crippen LogP contribution >= 0.6 is 15.9 Å². The van der Waals surface area contributed by atoms with E-state index in [0.29, 0.717) is 11.8 Å². The second-order valence-corrected chi connectivity index (χ2v) is 6.57. The van der Waals surface area contributed by atoms with Gasteiger partial charge in [-0.25, -0.2) is 4.98 Å². The molecule has 3 heteroatoms. The number of hydrogen-bond donors (Lipinski definition) is 0. The maximum Gasteiger partial charge on any atom is 0.227 e. The topological polar surface area (TPSA) is 26.0 Å². The number of nitrogens with zero attached hydrogens (tertiary/aromatic N) is 1. The van der Waals surface area contributed by atoms with Crippen molar-refractivity contribution in [2.24, 2.45) is 0 Å². The Morgan fingerprint density at radius 2 is 1.76 bits per heavy atom. The Hall–Kier alpha value is -1.61. The lowest BCUT2D eigenvalue weighted by Crippen LogP contribution is -1.86. The lowest BCUT2D eigenvalue weighted by molar-refractivity contribution is 0.617. The molecule has 1 heterocycles. The molecule has 0 saturated heterocycles. The molecular weight excluding hydrogens is 326 g/mol. The third-order valence-electron chi connectivity index (χ3n) is 3.95. The van der Waals surface area contributed by atoms with Crippen LogP contribution in [0.4, 0.5) is 0 Å². The maximum absolute atomic E-state index is 5.96. The number of hydrogen-bond acceptors (Lipinski definition) is 2. The molecule has 2 nitrogen and oxygen atoms in total. The molecule has 0 amide bonds. The molecule has 0 unspecified atom stereocenters. The van der Waals surface area contributed by atoms with E-state index in [0.717, 1.165) is 21.1 Å². The van der Waals surface area contributed by atoms with Crippen molar-refractivity contribution >= 4 is 27.0 Å². The number of halogens is 1. The van der Waals surface area contributed by atoms with Gasteiger partial charge in [0.05, 0.1) is 4.47 Å². The van der Waals surface area contributed by atoms with Crippen LogP contribution in [0.2, 0.25) is 0 Å². The minimum absolute atomic E-state index is 0.530. The summed E-state index contributed by atoms with van der Waals surface area (Å²) < 4.78 is 6.96. The summed E-state index contributed by atoms with van der Waals surface area (Å²) in [5.74, 6) is 1.20. The highest BCUT2D eigenvalue weighted by Crippen LogP contribution is 2.33. The van der Waals surface area contributed by atoms with Crippen LogP contribution in [0.3, 0.4) is 0 Å². The average Bonchev–Trinajstić information content (AvgIpc) is 2.89. The zero-order valence-corrected chi connectivity index (χ0v) is 14.3. The Labute approximate surface area is 133 Å². The number of aromatic nitrogens is 1. The zero-order chi connectivity index (χ0) is 15.1. The van der Waals surface area contributed by atoms with Crippen molar-refractivity contribution < 1.29 is 4.42 Å². The number of oxazole rings is 1. The molecule has 0 N–H and O–H groups in total. The highest BCUT2D eigenvalue weighted by molar-refractivity contribution is 9.10. The lowest BCUT2D eigenvalue weighted by Gasteiger charge is -2.04. The van der Waals surface area contributed by atoms with E-state index in [4.69, 9.17) is 4.42 Å². The van der Waals surface area contributed by atoms with E-state index in [9.17, 15) is 0 Å². The molecule has 3 rings (SSSR count). The first-order valence-corrected chi connectivity index (χ1v) is 7.93. The fraction of sp³-hybridized carbons (Fsp3) is 0.278. The summed E-state index contributed by atoms with van der Waals surface area (Å²) in [6.45, 7) is 8.55. The van der Waals surface area contributed by atoms with Crippen molar-refractivity contribution in [3.63, 3.8) is 0 Å². The molecule has 0 aliphatic carbocycles. The molecule has 0 aliphatic heterocycles. The monoisotopic (exact) mass is 343 g/mol. The van der Waals surface area contributed by atoms with Gasteiger partial charge in [0, 0.05) is 5.56 Å². The van der Waals surface area contributed by atoms with Crippen LogP contribution in [0.25, 0.3) is 22.6 Å². The predicted octanol–water partition coefficient (Wildman–Crippen LogP) is 6.00. The van der Waals surface area contributed by atoms with E-state index in [1.165, 1.54) is 16.7 Å². The molecular formula is C18H18BrNO. The summed E-state index contributed by atoms with van der Waals surface area (Å²) >= 11 is 3.61. The SMILES string of the molecule is Cc1cc2nc(-c3ccc(C(C)C)cc3)oc2c(Br)c1C. The molecule has 3 aromatic rings. The third-order valence-corrected chi connectivity index (χ3v) is 4.91. The summed E-state index contributed by atoms with van der Waals surface area (Å²) in [5.41, 5.74) is 6.46. The second-order valence-electron chi connectivity index (χ2n) is 5.78. The molecule has 108 valence electrons. The summed E-state index contributed by atoms with van der Waals surface area (Å²) in [6, 6.07) is 10.5. The third kappa shape index (κ3) is 2.51. The van der Waals surface area contributed by atoms with E-state index < -0.39 is 0 Å². The molecule has 0 radical (unpaired) electrons. The fourth-order valence-corrected chi connectivity index (χ4v) is 2.97. The Bertz CT molecular complexity index is 800. The molecule has 2 aromatic carbocycles. The van der Waals surface area contributed by atoms with E-state index in [1.807, 2.05) is 0 Å². The molecule has 0 bridgehead atoms. The van der Waals surface area contributed by atoms with Crippen molar-refractivity contribution in [2.75, 3.05) is 0 Å². The smallest absolute Gasteiger partial charge is 0.227 e. The number of aryl methyl sites for hydroxylation is 1. The number of rotatable bonds is 2. The van der Waals surface area contributed by atoms with Gasteiger partial charge < -0.3 is 4.42 Å². The highest BCUT2D eigenvalue weighted by Gasteiger charge is 2.14. The Morgan fingerprint density at radius 3 is 2.38 bits per heavy atom. The minimum Gasteiger partial charge on any atom is -0.435 e. The van der Waals surface area contributed by atoms with Gasteiger partial charge >= 0.3 is 0 Å². The van der Waals surface area contributed by atoms with Crippen LogP contribution < -0.4 is 0 Å². The molecule has 0 spiro atoms. The Kier molecular flexibility index (Phi) is 3.62. The Morgan fingerprint density at radius 1 is 1.10 bits per heavy atom. The summed E-state index contributed by atoms with van der Waals surface area (Å²) in [4.78, 5) is 4.62. The van der Waals surface area contributed by atoms with Crippen LogP contribution in [0.1, 0.15) is 36.5 Å². The van der Waals surface area contributed by atoms with Gasteiger partial charge in [0.1, 0.15) is 5.52 Å². The lowest BCUT2D eigenvalue weighted by atomic mass is 10.0. The van der Waals surface area contributed by atoms with Crippen molar-refractivity contribution in [1.82, 2.24) is 4.98 Å². The van der Waals surface area contributed by atoms with Crippen LogP contribution in [-0.2, 0) is 0 Å². The second kappa shape index (κ2) is 5.30. The normalized spacial score (nSPS) is 11.5. The Balaban J connectivity index is 2.11. The standard InChI is InChI=1S/C18H18BrNO/c1-10(2)13-5-7-14(8-6-13)18-20-15-9-11(3)12(4)16(19)17(15)21-18/h5-10H,1-4H3. The number of fused-ring (bicyclic) bond motifs is 1. The average molecular weight is 344 g/mol. The van der Waals surface area contributed by atoms with E-state index >= 15 is 0 Å². The quantitative estimate of drug-likeness (QED) is 0.570. The summed E-state index contributed by atoms with van der Waals surface area (Å²) in [5, 5.41) is 0. The maximum atomic E-state index is 5.96. The molecule has 0 aliphatic rings.